The van der Waals surface area contributed by atoms with Gasteiger partial charge >= 0.3 is 0 Å². The zero-order chi connectivity index (χ0) is 20.0. The predicted molar refractivity (Wildman–Crippen MR) is 110 cm³/mol. The number of benzene rings is 1. The lowest BCUT2D eigenvalue weighted by atomic mass is 10.0. The van der Waals surface area contributed by atoms with Gasteiger partial charge in [-0.3, -0.25) is 4.79 Å². The van der Waals surface area contributed by atoms with Gasteiger partial charge in [0.2, 0.25) is 0 Å². The lowest BCUT2D eigenvalue weighted by Gasteiger charge is -2.38. The third-order valence-electron chi connectivity index (χ3n) is 5.46. The van der Waals surface area contributed by atoms with Crippen molar-refractivity contribution in [3.8, 4) is 11.5 Å². The van der Waals surface area contributed by atoms with Crippen LogP contribution in [0.5, 0.6) is 11.5 Å². The highest BCUT2D eigenvalue weighted by Crippen LogP contribution is 2.29. The predicted octanol–water partition coefficient (Wildman–Crippen LogP) is 4.06. The molecule has 0 unspecified atom stereocenters. The molecule has 152 valence electrons. The van der Waals surface area contributed by atoms with E-state index in [1.165, 1.54) is 0 Å². The fourth-order valence-electron chi connectivity index (χ4n) is 3.48. The molecule has 1 aliphatic heterocycles. The van der Waals surface area contributed by atoms with Crippen molar-refractivity contribution in [2.45, 2.75) is 59.0 Å². The number of rotatable bonds is 8. The first-order valence-corrected chi connectivity index (χ1v) is 10.2. The van der Waals surface area contributed by atoms with Gasteiger partial charge in [-0.2, -0.15) is 0 Å². The Morgan fingerprint density at radius 2 is 1.85 bits per heavy atom. The van der Waals surface area contributed by atoms with Crippen molar-refractivity contribution in [1.82, 2.24) is 9.80 Å². The third-order valence-corrected chi connectivity index (χ3v) is 5.46. The summed E-state index contributed by atoms with van der Waals surface area (Å²) in [7, 11) is 3.53. The zero-order valence-corrected chi connectivity index (χ0v) is 17.8. The van der Waals surface area contributed by atoms with Crippen LogP contribution in [-0.4, -0.2) is 61.6 Å². The van der Waals surface area contributed by atoms with Gasteiger partial charge < -0.3 is 19.3 Å². The first-order chi connectivity index (χ1) is 12.8. The van der Waals surface area contributed by atoms with Gasteiger partial charge in [0.05, 0.1) is 13.7 Å². The molecule has 5 heteroatoms. The van der Waals surface area contributed by atoms with Crippen molar-refractivity contribution in [3.05, 3.63) is 23.8 Å². The minimum atomic E-state index is 0.0463. The standard InChI is InChI=1S/C22H36N2O3/c1-16(2)11-14-27-20-8-7-18(15-21(20)26-6)22(25)23(5)19-9-12-24(13-10-19)17(3)4/h7-8,15-17,19H,9-14H2,1-6H3. The number of hydrogen-bond donors (Lipinski definition) is 0. The van der Waals surface area contributed by atoms with E-state index in [9.17, 15) is 4.79 Å². The van der Waals surface area contributed by atoms with Gasteiger partial charge in [-0.15, -0.1) is 0 Å². The molecule has 0 radical (unpaired) electrons. The topological polar surface area (TPSA) is 42.0 Å². The molecular formula is C22H36N2O3. The van der Waals surface area contributed by atoms with Crippen LogP contribution in [0.3, 0.4) is 0 Å². The van der Waals surface area contributed by atoms with Crippen LogP contribution in [-0.2, 0) is 0 Å². The van der Waals surface area contributed by atoms with Crippen molar-refractivity contribution >= 4 is 5.91 Å². The number of piperidine rings is 1. The molecule has 1 saturated heterocycles. The maximum Gasteiger partial charge on any atom is 0.253 e. The smallest absolute Gasteiger partial charge is 0.253 e. The molecule has 0 aliphatic carbocycles. The fourth-order valence-corrected chi connectivity index (χ4v) is 3.48. The van der Waals surface area contributed by atoms with E-state index < -0.39 is 0 Å². The van der Waals surface area contributed by atoms with E-state index in [1.807, 2.05) is 24.1 Å². The van der Waals surface area contributed by atoms with Crippen molar-refractivity contribution in [3.63, 3.8) is 0 Å². The molecule has 1 fully saturated rings. The van der Waals surface area contributed by atoms with E-state index in [0.29, 0.717) is 41.7 Å². The Bertz CT molecular complexity index is 608. The highest BCUT2D eigenvalue weighted by Gasteiger charge is 2.27. The van der Waals surface area contributed by atoms with E-state index >= 15 is 0 Å². The van der Waals surface area contributed by atoms with Crippen molar-refractivity contribution in [2.24, 2.45) is 5.92 Å². The van der Waals surface area contributed by atoms with Gasteiger partial charge in [-0.05, 0) is 57.2 Å². The summed E-state index contributed by atoms with van der Waals surface area (Å²) in [5, 5.41) is 0. The third kappa shape index (κ3) is 5.86. The number of amides is 1. The molecule has 5 nitrogen and oxygen atoms in total. The van der Waals surface area contributed by atoms with E-state index in [-0.39, 0.29) is 5.91 Å². The molecule has 1 aromatic rings. The summed E-state index contributed by atoms with van der Waals surface area (Å²) < 4.78 is 11.3. The summed E-state index contributed by atoms with van der Waals surface area (Å²) in [6.07, 6.45) is 3.03. The van der Waals surface area contributed by atoms with Crippen molar-refractivity contribution < 1.29 is 14.3 Å². The molecule has 0 bridgehead atoms. The Morgan fingerprint density at radius 1 is 1.19 bits per heavy atom. The monoisotopic (exact) mass is 376 g/mol. The molecule has 27 heavy (non-hydrogen) atoms. The van der Waals surface area contributed by atoms with Gasteiger partial charge in [-0.1, -0.05) is 13.8 Å². The molecule has 0 spiro atoms. The second-order valence-electron chi connectivity index (χ2n) is 8.17. The van der Waals surface area contributed by atoms with Gasteiger partial charge in [0, 0.05) is 37.8 Å². The van der Waals surface area contributed by atoms with Gasteiger partial charge in [0.15, 0.2) is 11.5 Å². The summed E-state index contributed by atoms with van der Waals surface area (Å²) in [5.41, 5.74) is 0.650. The summed E-state index contributed by atoms with van der Waals surface area (Å²) in [6, 6.07) is 6.35. The largest absolute Gasteiger partial charge is 0.493 e. The number of hydrogen-bond acceptors (Lipinski definition) is 4. The second kappa shape index (κ2) is 9.98. The van der Waals surface area contributed by atoms with Crippen LogP contribution < -0.4 is 9.47 Å². The molecule has 1 heterocycles. The Kier molecular flexibility index (Phi) is 7.96. The Hall–Kier alpha value is -1.75. The molecule has 2 rings (SSSR count). The number of carbonyl (C=O) groups excluding carboxylic acids is 1. The molecule has 0 aromatic heterocycles. The van der Waals surface area contributed by atoms with Crippen LogP contribution in [0.15, 0.2) is 18.2 Å². The van der Waals surface area contributed by atoms with E-state index in [2.05, 4.69) is 32.6 Å². The van der Waals surface area contributed by atoms with Gasteiger partial charge in [0.25, 0.3) is 5.91 Å². The number of ether oxygens (including phenoxy) is 2. The molecular weight excluding hydrogens is 340 g/mol. The van der Waals surface area contributed by atoms with Gasteiger partial charge in [-0.25, -0.2) is 0 Å². The minimum absolute atomic E-state index is 0.0463. The highest BCUT2D eigenvalue weighted by molar-refractivity contribution is 5.95. The first kappa shape index (κ1) is 21.5. The molecule has 0 N–H and O–H groups in total. The lowest BCUT2D eigenvalue weighted by Crippen LogP contribution is -2.47. The maximum absolute atomic E-state index is 13.0. The van der Waals surface area contributed by atoms with E-state index in [1.54, 1.807) is 13.2 Å². The average Bonchev–Trinajstić information content (AvgIpc) is 2.66. The fraction of sp³-hybridized carbons (Fsp3) is 0.682. The summed E-state index contributed by atoms with van der Waals surface area (Å²) >= 11 is 0. The lowest BCUT2D eigenvalue weighted by molar-refractivity contribution is 0.0615. The first-order valence-electron chi connectivity index (χ1n) is 10.2. The van der Waals surface area contributed by atoms with Crippen LogP contribution in [0.4, 0.5) is 0 Å². The van der Waals surface area contributed by atoms with Crippen LogP contribution in [0, 0.1) is 5.92 Å². The van der Waals surface area contributed by atoms with Crippen LogP contribution in [0.2, 0.25) is 0 Å². The Balaban J connectivity index is 2.01. The number of likely N-dealkylation sites (tertiary alicyclic amines) is 1. The highest BCUT2D eigenvalue weighted by atomic mass is 16.5. The number of nitrogens with zero attached hydrogens (tertiary/aromatic N) is 2. The minimum Gasteiger partial charge on any atom is -0.493 e. The maximum atomic E-state index is 13.0. The van der Waals surface area contributed by atoms with E-state index in [0.717, 1.165) is 32.4 Å². The Morgan fingerprint density at radius 3 is 2.41 bits per heavy atom. The van der Waals surface area contributed by atoms with E-state index in [4.69, 9.17) is 9.47 Å². The average molecular weight is 377 g/mol. The quantitative estimate of drug-likeness (QED) is 0.686. The van der Waals surface area contributed by atoms with Crippen molar-refractivity contribution in [2.75, 3.05) is 33.9 Å². The Labute approximate surface area is 164 Å². The SMILES string of the molecule is COc1cc(C(=O)N(C)C2CCN(C(C)C)CC2)ccc1OCCC(C)C. The number of methoxy groups -OCH3 is 1. The molecule has 1 aliphatic rings. The molecule has 1 amide bonds. The summed E-state index contributed by atoms with van der Waals surface area (Å²) in [5.74, 6) is 1.95. The molecule has 1 aromatic carbocycles. The van der Waals surface area contributed by atoms with Crippen LogP contribution in [0.1, 0.15) is 57.3 Å². The van der Waals surface area contributed by atoms with Crippen LogP contribution in [0.25, 0.3) is 0 Å². The second-order valence-corrected chi connectivity index (χ2v) is 8.17. The van der Waals surface area contributed by atoms with Crippen molar-refractivity contribution in [1.29, 1.82) is 0 Å². The molecule has 0 atom stereocenters. The summed E-state index contributed by atoms with van der Waals surface area (Å²) in [6.45, 7) is 11.5. The van der Waals surface area contributed by atoms with Crippen LogP contribution >= 0.6 is 0 Å². The summed E-state index contributed by atoms with van der Waals surface area (Å²) in [4.78, 5) is 17.3. The van der Waals surface area contributed by atoms with Gasteiger partial charge in [0.1, 0.15) is 0 Å². The molecule has 0 saturated carbocycles. The normalized spacial score (nSPS) is 16.0. The zero-order valence-electron chi connectivity index (χ0n) is 17.8. The number of carbonyl (C=O) groups is 1.